The van der Waals surface area contributed by atoms with E-state index in [-0.39, 0.29) is 0 Å². The van der Waals surface area contributed by atoms with Gasteiger partial charge in [-0.3, -0.25) is 0 Å². The van der Waals surface area contributed by atoms with Crippen LogP contribution in [0.2, 0.25) is 0 Å². The number of rotatable bonds is 7. The number of nitrogens with zero attached hydrogens (tertiary/aromatic N) is 1. The van der Waals surface area contributed by atoms with Crippen molar-refractivity contribution in [1.29, 1.82) is 0 Å². The lowest BCUT2D eigenvalue weighted by atomic mass is 10.2. The first-order valence-electron chi connectivity index (χ1n) is 5.56. The van der Waals surface area contributed by atoms with E-state index >= 15 is 0 Å². The summed E-state index contributed by atoms with van der Waals surface area (Å²) in [5, 5.41) is 8.65. The van der Waals surface area contributed by atoms with Crippen LogP contribution in [0.25, 0.3) is 0 Å². The molecule has 0 unspecified atom stereocenters. The molecule has 0 amide bonds. The third kappa shape index (κ3) is 4.49. The van der Waals surface area contributed by atoms with Crippen LogP contribution in [0.3, 0.4) is 0 Å². The highest BCUT2D eigenvalue weighted by Gasteiger charge is 2.04. The summed E-state index contributed by atoms with van der Waals surface area (Å²) in [6, 6.07) is 2.03. The van der Waals surface area contributed by atoms with Gasteiger partial charge in [-0.1, -0.05) is 0 Å². The number of furan rings is 1. The molecule has 1 heterocycles. The zero-order valence-electron chi connectivity index (χ0n) is 9.70. The van der Waals surface area contributed by atoms with E-state index < -0.39 is 0 Å². The molecule has 1 rings (SSSR count). The summed E-state index contributed by atoms with van der Waals surface area (Å²) < 4.78 is 5.25. The Hall–Kier alpha value is -0.800. The lowest BCUT2D eigenvalue weighted by Crippen LogP contribution is -2.19. The normalized spacial score (nSPS) is 11.2. The van der Waals surface area contributed by atoms with Gasteiger partial charge >= 0.3 is 0 Å². The second-order valence-corrected chi connectivity index (χ2v) is 4.02. The first-order chi connectivity index (χ1) is 7.24. The number of aryl methyl sites for hydroxylation is 1. The standard InChI is InChI=1S/C12H21NO2/c1-11-12(6-9-15-11)10-13(2)7-4-3-5-8-14/h6,9,14H,3-5,7-8,10H2,1-2H3. The molecule has 3 heteroatoms. The molecule has 0 aliphatic carbocycles. The van der Waals surface area contributed by atoms with Gasteiger partial charge in [0.25, 0.3) is 0 Å². The molecule has 0 bridgehead atoms. The Morgan fingerprint density at radius 3 is 2.73 bits per heavy atom. The van der Waals surface area contributed by atoms with Gasteiger partial charge in [-0.25, -0.2) is 0 Å². The summed E-state index contributed by atoms with van der Waals surface area (Å²) in [6.45, 7) is 4.32. The molecule has 0 fully saturated rings. The van der Waals surface area contributed by atoms with Gasteiger partial charge < -0.3 is 14.4 Å². The van der Waals surface area contributed by atoms with Crippen LogP contribution >= 0.6 is 0 Å². The van der Waals surface area contributed by atoms with Crippen molar-refractivity contribution < 1.29 is 9.52 Å². The van der Waals surface area contributed by atoms with Crippen LogP contribution < -0.4 is 0 Å². The molecule has 1 aromatic rings. The molecule has 1 N–H and O–H groups in total. The van der Waals surface area contributed by atoms with Crippen LogP contribution in [0.1, 0.15) is 30.6 Å². The van der Waals surface area contributed by atoms with E-state index in [1.54, 1.807) is 6.26 Å². The second kappa shape index (κ2) is 6.64. The number of unbranched alkanes of at least 4 members (excludes halogenated alkanes) is 2. The lowest BCUT2D eigenvalue weighted by Gasteiger charge is -2.15. The van der Waals surface area contributed by atoms with Crippen molar-refractivity contribution in [1.82, 2.24) is 4.90 Å². The molecule has 0 aromatic carbocycles. The van der Waals surface area contributed by atoms with Crippen LogP contribution in [0.5, 0.6) is 0 Å². The molecule has 0 aliphatic heterocycles. The quantitative estimate of drug-likeness (QED) is 0.702. The summed E-state index contributed by atoms with van der Waals surface area (Å²) in [5.41, 5.74) is 1.26. The highest BCUT2D eigenvalue weighted by atomic mass is 16.3. The van der Waals surface area contributed by atoms with Crippen LogP contribution in [0, 0.1) is 6.92 Å². The molecule has 15 heavy (non-hydrogen) atoms. The number of hydrogen-bond donors (Lipinski definition) is 1. The predicted molar refractivity (Wildman–Crippen MR) is 60.7 cm³/mol. The van der Waals surface area contributed by atoms with E-state index in [1.165, 1.54) is 5.56 Å². The van der Waals surface area contributed by atoms with Crippen LogP contribution in [0.4, 0.5) is 0 Å². The molecule has 86 valence electrons. The van der Waals surface area contributed by atoms with Crippen molar-refractivity contribution in [3.05, 3.63) is 23.7 Å². The van der Waals surface area contributed by atoms with Crippen molar-refractivity contribution in [2.45, 2.75) is 32.7 Å². The Morgan fingerprint density at radius 1 is 1.33 bits per heavy atom. The van der Waals surface area contributed by atoms with E-state index in [9.17, 15) is 0 Å². The Kier molecular flexibility index (Phi) is 5.43. The zero-order valence-corrected chi connectivity index (χ0v) is 9.70. The number of aliphatic hydroxyl groups is 1. The summed E-state index contributed by atoms with van der Waals surface area (Å²) in [7, 11) is 2.12. The fourth-order valence-corrected chi connectivity index (χ4v) is 1.62. The van der Waals surface area contributed by atoms with Crippen molar-refractivity contribution in [3.63, 3.8) is 0 Å². The summed E-state index contributed by atoms with van der Waals surface area (Å²) >= 11 is 0. The third-order valence-electron chi connectivity index (χ3n) is 2.60. The molecule has 0 aliphatic rings. The van der Waals surface area contributed by atoms with Gasteiger partial charge in [0.15, 0.2) is 0 Å². The van der Waals surface area contributed by atoms with E-state index in [4.69, 9.17) is 9.52 Å². The minimum absolute atomic E-state index is 0.310. The lowest BCUT2D eigenvalue weighted by molar-refractivity contribution is 0.271. The van der Waals surface area contributed by atoms with Gasteiger partial charge in [0.2, 0.25) is 0 Å². The Morgan fingerprint density at radius 2 is 2.13 bits per heavy atom. The van der Waals surface area contributed by atoms with Gasteiger partial charge in [0.05, 0.1) is 6.26 Å². The van der Waals surface area contributed by atoms with Crippen LogP contribution in [-0.2, 0) is 6.54 Å². The van der Waals surface area contributed by atoms with Gasteiger partial charge in [0.1, 0.15) is 5.76 Å². The fourth-order valence-electron chi connectivity index (χ4n) is 1.62. The van der Waals surface area contributed by atoms with Crippen molar-refractivity contribution in [2.24, 2.45) is 0 Å². The number of hydrogen-bond acceptors (Lipinski definition) is 3. The molecule has 0 atom stereocenters. The summed E-state index contributed by atoms with van der Waals surface area (Å²) in [5.74, 6) is 1.01. The SMILES string of the molecule is Cc1occc1CN(C)CCCCCO. The molecule has 1 aromatic heterocycles. The highest BCUT2D eigenvalue weighted by molar-refractivity contribution is 5.14. The second-order valence-electron chi connectivity index (χ2n) is 4.02. The minimum atomic E-state index is 0.310. The van der Waals surface area contributed by atoms with Gasteiger partial charge in [-0.05, 0) is 45.8 Å². The van der Waals surface area contributed by atoms with E-state index in [1.807, 2.05) is 13.0 Å². The third-order valence-corrected chi connectivity index (χ3v) is 2.60. The molecule has 0 saturated carbocycles. The molecular formula is C12H21NO2. The topological polar surface area (TPSA) is 36.6 Å². The molecule has 0 radical (unpaired) electrons. The van der Waals surface area contributed by atoms with Gasteiger partial charge in [-0.2, -0.15) is 0 Å². The Balaban J connectivity index is 2.18. The maximum atomic E-state index is 8.65. The average molecular weight is 211 g/mol. The minimum Gasteiger partial charge on any atom is -0.469 e. The van der Waals surface area contributed by atoms with E-state index in [0.717, 1.165) is 38.1 Å². The molecular weight excluding hydrogens is 190 g/mol. The fraction of sp³-hybridized carbons (Fsp3) is 0.667. The van der Waals surface area contributed by atoms with Gasteiger partial charge in [-0.15, -0.1) is 0 Å². The van der Waals surface area contributed by atoms with Crippen molar-refractivity contribution in [2.75, 3.05) is 20.2 Å². The van der Waals surface area contributed by atoms with E-state index in [0.29, 0.717) is 6.61 Å². The maximum absolute atomic E-state index is 8.65. The van der Waals surface area contributed by atoms with Crippen LogP contribution in [0.15, 0.2) is 16.7 Å². The highest BCUT2D eigenvalue weighted by Crippen LogP contribution is 2.11. The van der Waals surface area contributed by atoms with Gasteiger partial charge in [0, 0.05) is 18.7 Å². The largest absolute Gasteiger partial charge is 0.469 e. The summed E-state index contributed by atoms with van der Waals surface area (Å²) in [4.78, 5) is 2.29. The monoisotopic (exact) mass is 211 g/mol. The summed E-state index contributed by atoms with van der Waals surface area (Å²) in [6.07, 6.45) is 4.90. The Bertz CT molecular complexity index is 270. The van der Waals surface area contributed by atoms with Crippen LogP contribution in [-0.4, -0.2) is 30.2 Å². The van der Waals surface area contributed by atoms with Crippen molar-refractivity contribution >= 4 is 0 Å². The Labute approximate surface area is 91.7 Å². The van der Waals surface area contributed by atoms with Crippen molar-refractivity contribution in [3.8, 4) is 0 Å². The maximum Gasteiger partial charge on any atom is 0.105 e. The number of aliphatic hydroxyl groups excluding tert-OH is 1. The molecule has 0 spiro atoms. The molecule has 0 saturated heterocycles. The van der Waals surface area contributed by atoms with E-state index in [2.05, 4.69) is 11.9 Å². The predicted octanol–water partition coefficient (Wildman–Crippen LogP) is 2.18. The first-order valence-corrected chi connectivity index (χ1v) is 5.56. The average Bonchev–Trinajstić information content (AvgIpc) is 2.59. The first kappa shape index (κ1) is 12.3. The molecule has 3 nitrogen and oxygen atoms in total. The smallest absolute Gasteiger partial charge is 0.105 e. The zero-order chi connectivity index (χ0) is 11.1.